The van der Waals surface area contributed by atoms with E-state index in [1.165, 1.54) is 6.42 Å². The molecule has 118 valence electrons. The van der Waals surface area contributed by atoms with Crippen LogP contribution in [0.2, 0.25) is 0 Å². The van der Waals surface area contributed by atoms with Crippen molar-refractivity contribution in [2.45, 2.75) is 32.6 Å². The second kappa shape index (κ2) is 5.59. The van der Waals surface area contributed by atoms with Crippen LogP contribution in [0.5, 0.6) is 0 Å². The summed E-state index contributed by atoms with van der Waals surface area (Å²) < 4.78 is 5.45. The molecule has 5 heteroatoms. The first-order valence-corrected chi connectivity index (χ1v) is 8.09. The monoisotopic (exact) mass is 294 g/mol. The van der Waals surface area contributed by atoms with E-state index in [1.807, 2.05) is 9.80 Å². The van der Waals surface area contributed by atoms with E-state index in [-0.39, 0.29) is 17.2 Å². The van der Waals surface area contributed by atoms with Crippen LogP contribution < -0.4 is 0 Å². The molecular weight excluding hydrogens is 268 g/mol. The highest BCUT2D eigenvalue weighted by Gasteiger charge is 2.51. The highest BCUT2D eigenvalue weighted by atomic mass is 16.5. The number of hydrogen-bond donors (Lipinski definition) is 0. The molecular formula is C16H26N2O3. The van der Waals surface area contributed by atoms with Crippen LogP contribution >= 0.6 is 0 Å². The fourth-order valence-corrected chi connectivity index (χ4v) is 4.16. The Morgan fingerprint density at radius 2 is 1.95 bits per heavy atom. The number of fused-ring (bicyclic) bond motifs is 1. The van der Waals surface area contributed by atoms with Crippen molar-refractivity contribution in [3.63, 3.8) is 0 Å². The third kappa shape index (κ3) is 2.56. The zero-order valence-corrected chi connectivity index (χ0v) is 13.1. The minimum absolute atomic E-state index is 0.0524. The lowest BCUT2D eigenvalue weighted by atomic mass is 9.72. The summed E-state index contributed by atoms with van der Waals surface area (Å²) in [6.45, 7) is 5.49. The van der Waals surface area contributed by atoms with Gasteiger partial charge in [0.25, 0.3) is 0 Å². The summed E-state index contributed by atoms with van der Waals surface area (Å²) >= 11 is 0. The van der Waals surface area contributed by atoms with Crippen molar-refractivity contribution >= 4 is 11.8 Å². The second-order valence-corrected chi connectivity index (χ2v) is 7.05. The normalized spacial score (nSPS) is 32.8. The van der Waals surface area contributed by atoms with Gasteiger partial charge in [0.05, 0.1) is 6.61 Å². The molecule has 2 aliphatic heterocycles. The Balaban J connectivity index is 1.71. The molecule has 2 atom stereocenters. The topological polar surface area (TPSA) is 49.9 Å². The van der Waals surface area contributed by atoms with Crippen LogP contribution in [0.3, 0.4) is 0 Å². The predicted octanol–water partition coefficient (Wildman–Crippen LogP) is 1.13. The number of ether oxygens (including phenoxy) is 1. The van der Waals surface area contributed by atoms with Crippen molar-refractivity contribution in [2.24, 2.45) is 17.3 Å². The summed E-state index contributed by atoms with van der Waals surface area (Å²) in [6, 6.07) is 0. The SMILES string of the molecule is COC[C@@]12CCN(C(=O)C3CCC3)C[C@@H]1CN(C(C)=O)C2. The summed E-state index contributed by atoms with van der Waals surface area (Å²) in [5.74, 6) is 1.11. The van der Waals surface area contributed by atoms with Crippen molar-refractivity contribution in [3.8, 4) is 0 Å². The van der Waals surface area contributed by atoms with Crippen molar-refractivity contribution in [1.29, 1.82) is 0 Å². The van der Waals surface area contributed by atoms with Crippen LogP contribution in [0.15, 0.2) is 0 Å². The summed E-state index contributed by atoms with van der Waals surface area (Å²) in [5, 5.41) is 0. The molecule has 0 aromatic heterocycles. The molecule has 21 heavy (non-hydrogen) atoms. The van der Waals surface area contributed by atoms with Gasteiger partial charge in [-0.05, 0) is 19.3 Å². The maximum atomic E-state index is 12.5. The van der Waals surface area contributed by atoms with Gasteiger partial charge in [-0.15, -0.1) is 0 Å². The highest BCUT2D eigenvalue weighted by Crippen LogP contribution is 2.44. The summed E-state index contributed by atoms with van der Waals surface area (Å²) in [4.78, 5) is 28.2. The Kier molecular flexibility index (Phi) is 3.95. The number of carbonyl (C=O) groups excluding carboxylic acids is 2. The third-order valence-electron chi connectivity index (χ3n) is 5.78. The van der Waals surface area contributed by atoms with Crippen molar-refractivity contribution in [3.05, 3.63) is 0 Å². The van der Waals surface area contributed by atoms with Crippen LogP contribution in [0.25, 0.3) is 0 Å². The fourth-order valence-electron chi connectivity index (χ4n) is 4.16. The predicted molar refractivity (Wildman–Crippen MR) is 78.6 cm³/mol. The first kappa shape index (κ1) is 14.8. The standard InChI is InChI=1S/C16H26N2O3/c1-12(19)18-9-14-8-17(15(20)13-4-3-5-13)7-6-16(14,10-18)11-21-2/h13-14H,3-11H2,1-2H3/t14-,16+/m1/s1. The lowest BCUT2D eigenvalue weighted by molar-refractivity contribution is -0.142. The Morgan fingerprint density at radius 3 is 2.52 bits per heavy atom. The summed E-state index contributed by atoms with van der Waals surface area (Å²) in [7, 11) is 1.73. The van der Waals surface area contributed by atoms with Gasteiger partial charge in [0, 0.05) is 57.5 Å². The molecule has 0 radical (unpaired) electrons. The maximum absolute atomic E-state index is 12.5. The maximum Gasteiger partial charge on any atom is 0.225 e. The molecule has 5 nitrogen and oxygen atoms in total. The zero-order chi connectivity index (χ0) is 15.0. The Bertz CT molecular complexity index is 435. The van der Waals surface area contributed by atoms with Gasteiger partial charge in [-0.2, -0.15) is 0 Å². The van der Waals surface area contributed by atoms with Crippen LogP contribution in [0.4, 0.5) is 0 Å². The highest BCUT2D eigenvalue weighted by molar-refractivity contribution is 5.80. The minimum Gasteiger partial charge on any atom is -0.384 e. The molecule has 2 saturated heterocycles. The molecule has 0 N–H and O–H groups in total. The lowest BCUT2D eigenvalue weighted by Gasteiger charge is -2.44. The van der Waals surface area contributed by atoms with Gasteiger partial charge in [-0.25, -0.2) is 0 Å². The Morgan fingerprint density at radius 1 is 1.24 bits per heavy atom. The number of nitrogens with zero attached hydrogens (tertiary/aromatic N) is 2. The van der Waals surface area contributed by atoms with E-state index in [2.05, 4.69) is 0 Å². The van der Waals surface area contributed by atoms with Gasteiger partial charge in [0.2, 0.25) is 11.8 Å². The largest absolute Gasteiger partial charge is 0.384 e. The quantitative estimate of drug-likeness (QED) is 0.784. The van der Waals surface area contributed by atoms with E-state index in [0.29, 0.717) is 18.4 Å². The number of rotatable bonds is 3. The molecule has 0 spiro atoms. The van der Waals surface area contributed by atoms with E-state index in [1.54, 1.807) is 14.0 Å². The molecule has 0 aromatic carbocycles. The number of amides is 2. The number of methoxy groups -OCH3 is 1. The van der Waals surface area contributed by atoms with Crippen LogP contribution in [0, 0.1) is 17.3 Å². The molecule has 0 bridgehead atoms. The molecule has 0 unspecified atom stereocenters. The number of hydrogen-bond acceptors (Lipinski definition) is 3. The van der Waals surface area contributed by atoms with Gasteiger partial charge in [0.1, 0.15) is 0 Å². The van der Waals surface area contributed by atoms with Crippen LogP contribution in [-0.4, -0.2) is 61.5 Å². The van der Waals surface area contributed by atoms with E-state index in [4.69, 9.17) is 4.74 Å². The van der Waals surface area contributed by atoms with Crippen LogP contribution in [-0.2, 0) is 14.3 Å². The smallest absolute Gasteiger partial charge is 0.225 e. The van der Waals surface area contributed by atoms with Gasteiger partial charge in [0.15, 0.2) is 0 Å². The molecule has 0 aromatic rings. The molecule has 2 amide bonds. The fraction of sp³-hybridized carbons (Fsp3) is 0.875. The van der Waals surface area contributed by atoms with Gasteiger partial charge in [-0.1, -0.05) is 6.42 Å². The van der Waals surface area contributed by atoms with Crippen molar-refractivity contribution in [2.75, 3.05) is 39.9 Å². The van der Waals surface area contributed by atoms with E-state index >= 15 is 0 Å². The zero-order valence-electron chi connectivity index (χ0n) is 13.1. The second-order valence-electron chi connectivity index (χ2n) is 7.05. The van der Waals surface area contributed by atoms with Gasteiger partial charge < -0.3 is 14.5 Å². The lowest BCUT2D eigenvalue weighted by Crippen LogP contribution is -2.52. The van der Waals surface area contributed by atoms with Gasteiger partial charge >= 0.3 is 0 Å². The molecule has 1 saturated carbocycles. The third-order valence-corrected chi connectivity index (χ3v) is 5.78. The van der Waals surface area contributed by atoms with Gasteiger partial charge in [-0.3, -0.25) is 9.59 Å². The van der Waals surface area contributed by atoms with Crippen molar-refractivity contribution in [1.82, 2.24) is 9.80 Å². The minimum atomic E-state index is 0.0524. The molecule has 3 rings (SSSR count). The van der Waals surface area contributed by atoms with E-state index < -0.39 is 0 Å². The summed E-state index contributed by atoms with van der Waals surface area (Å²) in [6.07, 6.45) is 4.26. The average Bonchev–Trinajstić information content (AvgIpc) is 2.75. The molecule has 1 aliphatic carbocycles. The number of piperidine rings is 1. The Hall–Kier alpha value is -1.10. The molecule has 3 fully saturated rings. The molecule has 3 aliphatic rings. The summed E-state index contributed by atoms with van der Waals surface area (Å²) in [5.41, 5.74) is 0.0524. The van der Waals surface area contributed by atoms with E-state index in [9.17, 15) is 9.59 Å². The van der Waals surface area contributed by atoms with Crippen LogP contribution in [0.1, 0.15) is 32.6 Å². The van der Waals surface area contributed by atoms with E-state index in [0.717, 1.165) is 45.4 Å². The number of carbonyl (C=O) groups is 2. The number of likely N-dealkylation sites (tertiary alicyclic amines) is 2. The molecule has 2 heterocycles. The average molecular weight is 294 g/mol. The first-order valence-electron chi connectivity index (χ1n) is 8.09. The first-order chi connectivity index (χ1) is 10.1. The Labute approximate surface area is 126 Å². The van der Waals surface area contributed by atoms with Crippen molar-refractivity contribution < 1.29 is 14.3 Å².